The number of rotatable bonds is 10. The van der Waals surface area contributed by atoms with Gasteiger partial charge in [-0.3, -0.25) is 19.3 Å². The first kappa shape index (κ1) is 28.5. The number of hydrogen-bond acceptors (Lipinski definition) is 11. The highest BCUT2D eigenvalue weighted by Gasteiger charge is 2.35. The van der Waals surface area contributed by atoms with Gasteiger partial charge >= 0.3 is 0 Å². The average Bonchev–Trinajstić information content (AvgIpc) is 3.33. The summed E-state index contributed by atoms with van der Waals surface area (Å²) in [7, 11) is -1.37. The molecule has 0 bridgehead atoms. The minimum atomic E-state index is -4.21. The highest BCUT2D eigenvalue weighted by atomic mass is 32.2. The quantitative estimate of drug-likeness (QED) is 0.348. The van der Waals surface area contributed by atoms with Crippen LogP contribution in [0.1, 0.15) is 44.1 Å². The van der Waals surface area contributed by atoms with Gasteiger partial charge in [-0.25, -0.2) is 13.4 Å². The molecule has 14 heteroatoms. The summed E-state index contributed by atoms with van der Waals surface area (Å²) in [5, 5.41) is 17.9. The molecule has 0 amide bonds. The second-order valence-corrected chi connectivity index (χ2v) is 11.0. The fraction of sp³-hybridized carbons (Fsp3) is 0.346. The first-order valence-corrected chi connectivity index (χ1v) is 13.7. The molecule has 2 atom stereocenters. The van der Waals surface area contributed by atoms with Gasteiger partial charge in [-0.1, -0.05) is 11.8 Å². The van der Waals surface area contributed by atoms with Crippen molar-refractivity contribution in [3.05, 3.63) is 65.3 Å². The van der Waals surface area contributed by atoms with E-state index < -0.39 is 21.4 Å². The Bertz CT molecular complexity index is 1630. The maximum absolute atomic E-state index is 13.8. The summed E-state index contributed by atoms with van der Waals surface area (Å²) in [4.78, 5) is 12.9. The maximum atomic E-state index is 13.8. The summed E-state index contributed by atoms with van der Waals surface area (Å²) < 4.78 is 47.9. The number of aromatic nitrogens is 5. The zero-order chi connectivity index (χ0) is 29.0. The van der Waals surface area contributed by atoms with E-state index in [1.807, 2.05) is 0 Å². The Morgan fingerprint density at radius 3 is 2.50 bits per heavy atom. The molecule has 4 rings (SSSR count). The van der Waals surface area contributed by atoms with Gasteiger partial charge in [0.1, 0.15) is 28.5 Å². The SMILES string of the molecule is COC1=NC(c2nnc(NS(=O)(=O)[C@H](C)[C@H](OC(C)C)c3cnc(C)cn3)n2-c2c(O)cccc2OC)=C=C=C1. The lowest BCUT2D eigenvalue weighted by Gasteiger charge is -2.26. The molecule has 0 radical (unpaired) electrons. The molecule has 40 heavy (non-hydrogen) atoms. The highest BCUT2D eigenvalue weighted by Crippen LogP contribution is 2.37. The van der Waals surface area contributed by atoms with E-state index >= 15 is 0 Å². The van der Waals surface area contributed by atoms with Gasteiger partial charge in [-0.05, 0) is 45.6 Å². The number of ether oxygens (including phenoxy) is 3. The minimum absolute atomic E-state index is 0.0414. The van der Waals surface area contributed by atoms with Crippen molar-refractivity contribution in [2.45, 2.75) is 45.2 Å². The molecule has 2 N–H and O–H groups in total. The van der Waals surface area contributed by atoms with Crippen molar-refractivity contribution in [3.8, 4) is 17.2 Å². The molecule has 2 aromatic heterocycles. The number of aryl methyl sites for hydroxylation is 1. The van der Waals surface area contributed by atoms with Crippen LogP contribution in [0.3, 0.4) is 0 Å². The lowest BCUT2D eigenvalue weighted by atomic mass is 10.2. The molecular weight excluding hydrogens is 538 g/mol. The number of nitrogens with zero attached hydrogens (tertiary/aromatic N) is 6. The van der Waals surface area contributed by atoms with Crippen LogP contribution in [0.5, 0.6) is 11.5 Å². The molecule has 0 fully saturated rings. The predicted octanol–water partition coefficient (Wildman–Crippen LogP) is 3.09. The van der Waals surface area contributed by atoms with Crippen molar-refractivity contribution >= 4 is 27.6 Å². The number of para-hydroxylation sites is 1. The Morgan fingerprint density at radius 1 is 1.07 bits per heavy atom. The number of methoxy groups -OCH3 is 2. The van der Waals surface area contributed by atoms with E-state index in [-0.39, 0.29) is 46.7 Å². The third-order valence-electron chi connectivity index (χ3n) is 5.77. The molecule has 3 heterocycles. The van der Waals surface area contributed by atoms with Crippen LogP contribution in [0.2, 0.25) is 0 Å². The van der Waals surface area contributed by atoms with Crippen molar-refractivity contribution in [2.75, 3.05) is 18.9 Å². The molecule has 3 aromatic rings. The molecular formula is C26H29N7O6S. The number of phenolic OH excluding ortho intramolecular Hbond substituents is 1. The van der Waals surface area contributed by atoms with E-state index in [0.29, 0.717) is 11.4 Å². The van der Waals surface area contributed by atoms with Gasteiger partial charge in [0.25, 0.3) is 0 Å². The molecule has 0 aliphatic carbocycles. The van der Waals surface area contributed by atoms with Crippen LogP contribution in [-0.2, 0) is 19.5 Å². The number of phenols is 1. The van der Waals surface area contributed by atoms with Crippen LogP contribution >= 0.6 is 0 Å². The van der Waals surface area contributed by atoms with Crippen LogP contribution in [-0.4, -0.2) is 69.7 Å². The number of sulfonamides is 1. The Labute approximate surface area is 231 Å². The van der Waals surface area contributed by atoms with E-state index in [0.717, 1.165) is 0 Å². The van der Waals surface area contributed by atoms with Gasteiger partial charge < -0.3 is 19.3 Å². The largest absolute Gasteiger partial charge is 0.506 e. The monoisotopic (exact) mass is 567 g/mol. The van der Waals surface area contributed by atoms with Gasteiger partial charge in [0.2, 0.25) is 21.9 Å². The molecule has 0 saturated carbocycles. The molecule has 0 spiro atoms. The number of anilines is 1. The van der Waals surface area contributed by atoms with Gasteiger partial charge in [0.05, 0.1) is 44.0 Å². The topological polar surface area (TPSA) is 163 Å². The minimum Gasteiger partial charge on any atom is -0.506 e. The van der Waals surface area contributed by atoms with Gasteiger partial charge in [-0.15, -0.1) is 10.2 Å². The van der Waals surface area contributed by atoms with E-state index in [1.165, 1.54) is 44.0 Å². The predicted molar refractivity (Wildman–Crippen MR) is 147 cm³/mol. The Morgan fingerprint density at radius 2 is 1.85 bits per heavy atom. The third kappa shape index (κ3) is 5.90. The second kappa shape index (κ2) is 11.7. The molecule has 0 saturated heterocycles. The second-order valence-electron chi connectivity index (χ2n) is 8.97. The van der Waals surface area contributed by atoms with Crippen molar-refractivity contribution in [1.82, 2.24) is 24.7 Å². The molecule has 1 aliphatic heterocycles. The van der Waals surface area contributed by atoms with Crippen LogP contribution < -0.4 is 9.46 Å². The van der Waals surface area contributed by atoms with E-state index in [9.17, 15) is 13.5 Å². The van der Waals surface area contributed by atoms with Crippen molar-refractivity contribution in [1.29, 1.82) is 0 Å². The van der Waals surface area contributed by atoms with E-state index in [2.05, 4.69) is 41.3 Å². The molecule has 13 nitrogen and oxygen atoms in total. The van der Waals surface area contributed by atoms with Crippen LogP contribution in [0.15, 0.2) is 53.1 Å². The number of hydrogen-bond donors (Lipinski definition) is 2. The van der Waals surface area contributed by atoms with Crippen LogP contribution in [0, 0.1) is 6.92 Å². The third-order valence-corrected chi connectivity index (χ3v) is 7.47. The first-order chi connectivity index (χ1) is 19.1. The molecule has 0 unspecified atom stereocenters. The summed E-state index contributed by atoms with van der Waals surface area (Å²) in [6, 6.07) is 4.59. The fourth-order valence-electron chi connectivity index (χ4n) is 3.81. The Balaban J connectivity index is 1.84. The van der Waals surface area contributed by atoms with E-state index in [4.69, 9.17) is 14.2 Å². The molecule has 210 valence electrons. The molecule has 1 aliphatic rings. The van der Waals surface area contributed by atoms with Gasteiger partial charge in [-0.2, -0.15) is 0 Å². The number of aromatic hydroxyl groups is 1. The maximum Gasteiger partial charge on any atom is 0.243 e. The fourth-order valence-corrected chi connectivity index (χ4v) is 4.91. The zero-order valence-electron chi connectivity index (χ0n) is 22.8. The van der Waals surface area contributed by atoms with Gasteiger partial charge in [0.15, 0.2) is 11.5 Å². The zero-order valence-corrected chi connectivity index (χ0v) is 23.6. The lowest BCUT2D eigenvalue weighted by molar-refractivity contribution is 0.00394. The van der Waals surface area contributed by atoms with Gasteiger partial charge in [0, 0.05) is 6.20 Å². The Hall–Kier alpha value is -4.48. The standard InChI is InChI=1S/C26H29N7O6S/c1-15(2)39-24(19-14-27-16(3)13-28-19)17(4)40(35,36)32-26-31-30-25(18-9-7-12-22(29-18)38-6)33(26)23-20(34)10-8-11-21(23)37-5/h8,10-15,17,24,34H,1-6H3,(H,31,32)/t17-,24+/m1/s1. The number of aliphatic imine (C=N–C) groups is 1. The van der Waals surface area contributed by atoms with E-state index in [1.54, 1.807) is 39.1 Å². The molecule has 1 aromatic carbocycles. The average molecular weight is 568 g/mol. The number of nitrogens with one attached hydrogen (secondary N) is 1. The summed E-state index contributed by atoms with van der Waals surface area (Å²) in [6.45, 7) is 6.86. The smallest absolute Gasteiger partial charge is 0.243 e. The Kier molecular flexibility index (Phi) is 8.36. The first-order valence-electron chi connectivity index (χ1n) is 12.2. The number of benzene rings is 1. The normalized spacial score (nSPS) is 14.5. The summed E-state index contributed by atoms with van der Waals surface area (Å²) in [6.07, 6.45) is 3.24. The van der Waals surface area contributed by atoms with Crippen molar-refractivity contribution < 1.29 is 27.7 Å². The van der Waals surface area contributed by atoms with Crippen molar-refractivity contribution in [3.63, 3.8) is 0 Å². The summed E-state index contributed by atoms with van der Waals surface area (Å²) in [5.74, 6) is 0.0166. The van der Waals surface area contributed by atoms with Crippen LogP contribution in [0.4, 0.5) is 5.95 Å². The lowest BCUT2D eigenvalue weighted by Crippen LogP contribution is -2.34. The summed E-state index contributed by atoms with van der Waals surface area (Å²) in [5.41, 5.74) is 6.83. The highest BCUT2D eigenvalue weighted by molar-refractivity contribution is 7.93. The van der Waals surface area contributed by atoms with Crippen LogP contribution in [0.25, 0.3) is 11.4 Å². The summed E-state index contributed by atoms with van der Waals surface area (Å²) >= 11 is 0. The van der Waals surface area contributed by atoms with Crippen molar-refractivity contribution in [2.24, 2.45) is 4.99 Å².